The van der Waals surface area contributed by atoms with Gasteiger partial charge in [0.15, 0.2) is 0 Å². The first-order chi connectivity index (χ1) is 12.8. The molecular weight excluding hydrogens is 371 g/mol. The van der Waals surface area contributed by atoms with E-state index in [4.69, 9.17) is 4.18 Å². The largest absolute Gasteiger partial charge is 0.382 e. The number of halogens is 1. The lowest BCUT2D eigenvalue weighted by Crippen LogP contribution is -2.48. The van der Waals surface area contributed by atoms with E-state index in [-0.39, 0.29) is 17.4 Å². The van der Waals surface area contributed by atoms with Crippen LogP contribution in [0.25, 0.3) is 0 Å². The maximum atomic E-state index is 12.9. The topological polar surface area (TPSA) is 66.9 Å². The monoisotopic (exact) mass is 392 g/mol. The minimum atomic E-state index is -3.84. The Balaban J connectivity index is 1.60. The van der Waals surface area contributed by atoms with E-state index in [0.717, 1.165) is 18.8 Å². The Morgan fingerprint density at radius 2 is 1.59 bits per heavy atom. The van der Waals surface area contributed by atoms with Gasteiger partial charge in [-0.1, -0.05) is 12.1 Å². The van der Waals surface area contributed by atoms with E-state index >= 15 is 0 Å². The molecule has 1 amide bonds. The quantitative estimate of drug-likeness (QED) is 0.731. The summed E-state index contributed by atoms with van der Waals surface area (Å²) in [6.45, 7) is 4.35. The molecular formula is C19H21FN2O4S. The highest BCUT2D eigenvalue weighted by Crippen LogP contribution is 2.22. The fraction of sp³-hybridized carbons (Fsp3) is 0.316. The number of hydrogen-bond donors (Lipinski definition) is 0. The average Bonchev–Trinajstić information content (AvgIpc) is 2.64. The van der Waals surface area contributed by atoms with Crippen LogP contribution in [0.2, 0.25) is 0 Å². The molecule has 0 aromatic heterocycles. The first-order valence-electron chi connectivity index (χ1n) is 8.59. The molecule has 1 saturated heterocycles. The minimum absolute atomic E-state index is 0.0739. The zero-order valence-corrected chi connectivity index (χ0v) is 15.8. The molecule has 1 fully saturated rings. The van der Waals surface area contributed by atoms with Crippen molar-refractivity contribution in [3.63, 3.8) is 0 Å². The lowest BCUT2D eigenvalue weighted by Gasteiger charge is -2.35. The minimum Gasteiger partial charge on any atom is -0.382 e. The molecule has 1 aliphatic rings. The molecule has 0 saturated carbocycles. The van der Waals surface area contributed by atoms with E-state index in [9.17, 15) is 17.6 Å². The smallest absolute Gasteiger partial charge is 0.313 e. The number of nitrogens with zero attached hydrogens (tertiary/aromatic N) is 2. The first-order valence-corrected chi connectivity index (χ1v) is 10.2. The van der Waals surface area contributed by atoms with Crippen LogP contribution in [0.15, 0.2) is 48.5 Å². The van der Waals surface area contributed by atoms with E-state index in [2.05, 4.69) is 4.90 Å². The molecule has 2 aromatic rings. The van der Waals surface area contributed by atoms with Crippen molar-refractivity contribution in [2.24, 2.45) is 0 Å². The van der Waals surface area contributed by atoms with Crippen LogP contribution >= 0.6 is 0 Å². The van der Waals surface area contributed by atoms with Crippen molar-refractivity contribution in [2.45, 2.75) is 12.7 Å². The molecule has 1 heterocycles. The summed E-state index contributed by atoms with van der Waals surface area (Å²) in [6, 6.07) is 12.1. The van der Waals surface area contributed by atoms with Gasteiger partial charge in [0.25, 0.3) is 0 Å². The maximum absolute atomic E-state index is 12.9. The molecule has 27 heavy (non-hydrogen) atoms. The van der Waals surface area contributed by atoms with Gasteiger partial charge in [0.1, 0.15) is 17.3 Å². The van der Waals surface area contributed by atoms with Crippen molar-refractivity contribution in [2.75, 3.05) is 31.1 Å². The van der Waals surface area contributed by atoms with Crippen LogP contribution in [0, 0.1) is 5.82 Å². The highest BCUT2D eigenvalue weighted by Gasteiger charge is 2.19. The third-order valence-corrected chi connectivity index (χ3v) is 5.54. The van der Waals surface area contributed by atoms with Gasteiger partial charge in [-0.25, -0.2) is 4.39 Å². The first kappa shape index (κ1) is 19.2. The van der Waals surface area contributed by atoms with Gasteiger partial charge in [-0.15, -0.1) is 0 Å². The molecule has 0 aliphatic carbocycles. The molecule has 1 aliphatic heterocycles. The number of anilines is 1. The van der Waals surface area contributed by atoms with E-state index in [0.29, 0.717) is 18.7 Å². The van der Waals surface area contributed by atoms with Crippen molar-refractivity contribution in [3.8, 4) is 5.75 Å². The van der Waals surface area contributed by atoms with Gasteiger partial charge in [0.05, 0.1) is 0 Å². The molecule has 0 N–H and O–H groups in total. The normalized spacial score (nSPS) is 14.9. The third kappa shape index (κ3) is 5.19. The second-order valence-corrected chi connectivity index (χ2v) is 7.97. The molecule has 0 bridgehead atoms. The van der Waals surface area contributed by atoms with Gasteiger partial charge in [0.2, 0.25) is 5.91 Å². The Morgan fingerprint density at radius 3 is 2.15 bits per heavy atom. The Hall–Kier alpha value is -2.61. The van der Waals surface area contributed by atoms with Crippen molar-refractivity contribution in [1.82, 2.24) is 4.90 Å². The highest BCUT2D eigenvalue weighted by atomic mass is 32.2. The Morgan fingerprint density at radius 1 is 1.00 bits per heavy atom. The van der Waals surface area contributed by atoms with Gasteiger partial charge in [-0.2, -0.15) is 8.42 Å². The number of carbonyl (C=O) groups excluding carboxylic acids is 1. The molecule has 2 aromatic carbocycles. The fourth-order valence-electron chi connectivity index (χ4n) is 2.95. The maximum Gasteiger partial charge on any atom is 0.313 e. The van der Waals surface area contributed by atoms with Crippen molar-refractivity contribution in [1.29, 1.82) is 0 Å². The van der Waals surface area contributed by atoms with Crippen LogP contribution in [0.4, 0.5) is 10.1 Å². The molecule has 8 heteroatoms. The number of hydrogen-bond acceptors (Lipinski definition) is 5. The average molecular weight is 392 g/mol. The Labute approximate surface area is 158 Å². The summed E-state index contributed by atoms with van der Waals surface area (Å²) in [7, 11) is -3.84. The SMILES string of the molecule is CC(=O)N1CCN(c2ccc(OS(=O)(=O)Cc3ccc(F)cc3)cc2)CC1. The summed E-state index contributed by atoms with van der Waals surface area (Å²) in [5, 5.41) is 0. The zero-order chi connectivity index (χ0) is 19.4. The number of rotatable bonds is 5. The standard InChI is InChI=1S/C19H21FN2O4S/c1-15(23)21-10-12-22(13-11-21)18-6-8-19(9-7-18)26-27(24,25)14-16-2-4-17(20)5-3-16/h2-9H,10-14H2,1H3. The van der Waals surface area contributed by atoms with Crippen LogP contribution in [-0.2, 0) is 20.7 Å². The van der Waals surface area contributed by atoms with E-state index < -0.39 is 15.9 Å². The molecule has 144 valence electrons. The summed E-state index contributed by atoms with van der Waals surface area (Å²) in [5.74, 6) is -0.452. The zero-order valence-electron chi connectivity index (χ0n) is 15.0. The van der Waals surface area contributed by atoms with Crippen molar-refractivity contribution in [3.05, 3.63) is 59.9 Å². The lowest BCUT2D eigenvalue weighted by molar-refractivity contribution is -0.129. The summed E-state index contributed by atoms with van der Waals surface area (Å²) in [4.78, 5) is 15.3. The van der Waals surface area contributed by atoms with Crippen LogP contribution in [-0.4, -0.2) is 45.4 Å². The van der Waals surface area contributed by atoms with Crippen molar-refractivity contribution < 1.29 is 21.8 Å². The van der Waals surface area contributed by atoms with E-state index in [1.807, 2.05) is 0 Å². The van der Waals surface area contributed by atoms with Crippen LogP contribution in [0.1, 0.15) is 12.5 Å². The van der Waals surface area contributed by atoms with Gasteiger partial charge in [-0.3, -0.25) is 4.79 Å². The fourth-order valence-corrected chi connectivity index (χ4v) is 4.02. The van der Waals surface area contributed by atoms with E-state index in [1.54, 1.807) is 36.1 Å². The summed E-state index contributed by atoms with van der Waals surface area (Å²) < 4.78 is 42.4. The predicted octanol–water partition coefficient (Wildman–Crippen LogP) is 2.40. The third-order valence-electron chi connectivity index (χ3n) is 4.41. The molecule has 0 radical (unpaired) electrons. The highest BCUT2D eigenvalue weighted by molar-refractivity contribution is 7.86. The van der Waals surface area contributed by atoms with Crippen LogP contribution < -0.4 is 9.08 Å². The second-order valence-electron chi connectivity index (χ2n) is 6.40. The second kappa shape index (κ2) is 7.96. The van der Waals surface area contributed by atoms with Crippen molar-refractivity contribution >= 4 is 21.7 Å². The van der Waals surface area contributed by atoms with Gasteiger partial charge in [0, 0.05) is 38.8 Å². The number of amides is 1. The number of carbonyl (C=O) groups is 1. The molecule has 0 atom stereocenters. The predicted molar refractivity (Wildman–Crippen MR) is 101 cm³/mol. The summed E-state index contributed by atoms with van der Waals surface area (Å²) >= 11 is 0. The van der Waals surface area contributed by atoms with Gasteiger partial charge >= 0.3 is 10.1 Å². The Kier molecular flexibility index (Phi) is 5.65. The van der Waals surface area contributed by atoms with Crippen LogP contribution in [0.5, 0.6) is 5.75 Å². The number of piperazine rings is 1. The van der Waals surface area contributed by atoms with E-state index in [1.165, 1.54) is 24.3 Å². The van der Waals surface area contributed by atoms with Crippen LogP contribution in [0.3, 0.4) is 0 Å². The summed E-state index contributed by atoms with van der Waals surface area (Å²) in [5.41, 5.74) is 1.40. The Bertz CT molecular complexity index is 890. The van der Waals surface area contributed by atoms with Gasteiger partial charge in [-0.05, 0) is 42.0 Å². The lowest BCUT2D eigenvalue weighted by atomic mass is 10.2. The number of benzene rings is 2. The molecule has 0 unspecified atom stereocenters. The molecule has 0 spiro atoms. The molecule has 6 nitrogen and oxygen atoms in total. The summed E-state index contributed by atoms with van der Waals surface area (Å²) in [6.07, 6.45) is 0. The molecule has 3 rings (SSSR count). The van der Waals surface area contributed by atoms with Gasteiger partial charge < -0.3 is 14.0 Å².